The van der Waals surface area contributed by atoms with E-state index in [2.05, 4.69) is 40.1 Å². The lowest BCUT2D eigenvalue weighted by Gasteiger charge is -2.34. The zero-order valence-electron chi connectivity index (χ0n) is 9.39. The third-order valence-electron chi connectivity index (χ3n) is 1.82. The lowest BCUT2D eigenvalue weighted by atomic mass is 10.1. The summed E-state index contributed by atoms with van der Waals surface area (Å²) < 4.78 is 6.10. The SMILES string of the molecule is C=CCC(C)(C)O[Si](C)(C)CC=C. The zero-order valence-corrected chi connectivity index (χ0v) is 10.4. The molecule has 0 aliphatic heterocycles. The Morgan fingerprint density at radius 2 is 1.77 bits per heavy atom. The van der Waals surface area contributed by atoms with Crippen LogP contribution in [0.25, 0.3) is 0 Å². The first-order valence-electron chi connectivity index (χ1n) is 4.75. The summed E-state index contributed by atoms with van der Waals surface area (Å²) in [6.07, 6.45) is 4.77. The molecule has 0 rings (SSSR count). The molecule has 0 unspecified atom stereocenters. The van der Waals surface area contributed by atoms with Crippen molar-refractivity contribution in [1.29, 1.82) is 0 Å². The summed E-state index contributed by atoms with van der Waals surface area (Å²) in [6.45, 7) is 16.2. The molecule has 0 bridgehead atoms. The van der Waals surface area contributed by atoms with Crippen molar-refractivity contribution in [2.45, 2.75) is 45.0 Å². The van der Waals surface area contributed by atoms with Crippen molar-refractivity contribution < 1.29 is 4.43 Å². The van der Waals surface area contributed by atoms with E-state index in [0.717, 1.165) is 12.5 Å². The first kappa shape index (κ1) is 12.7. The smallest absolute Gasteiger partial charge is 0.191 e. The molecule has 0 aromatic heterocycles. The summed E-state index contributed by atoms with van der Waals surface area (Å²) in [6, 6.07) is 1.01. The van der Waals surface area contributed by atoms with Crippen LogP contribution in [0, 0.1) is 0 Å². The average molecular weight is 198 g/mol. The summed E-state index contributed by atoms with van der Waals surface area (Å²) >= 11 is 0. The van der Waals surface area contributed by atoms with Crippen LogP contribution < -0.4 is 0 Å². The maximum Gasteiger partial charge on any atom is 0.191 e. The fraction of sp³-hybridized carbons (Fsp3) is 0.636. The Morgan fingerprint density at radius 3 is 2.15 bits per heavy atom. The van der Waals surface area contributed by atoms with Crippen LogP contribution in [0.2, 0.25) is 19.1 Å². The Morgan fingerprint density at radius 1 is 1.23 bits per heavy atom. The normalized spacial score (nSPS) is 12.6. The van der Waals surface area contributed by atoms with Crippen molar-refractivity contribution in [1.82, 2.24) is 0 Å². The molecule has 0 aliphatic rings. The quantitative estimate of drug-likeness (QED) is 0.466. The van der Waals surface area contributed by atoms with Gasteiger partial charge in [0.25, 0.3) is 0 Å². The fourth-order valence-electron chi connectivity index (χ4n) is 1.53. The predicted molar refractivity (Wildman–Crippen MR) is 62.5 cm³/mol. The molecule has 0 radical (unpaired) electrons. The van der Waals surface area contributed by atoms with Crippen LogP contribution in [0.3, 0.4) is 0 Å². The van der Waals surface area contributed by atoms with Crippen molar-refractivity contribution in [2.24, 2.45) is 0 Å². The molecule has 0 heterocycles. The van der Waals surface area contributed by atoms with Crippen LogP contribution in [0.4, 0.5) is 0 Å². The predicted octanol–water partition coefficient (Wildman–Crippen LogP) is 3.75. The number of hydrogen-bond acceptors (Lipinski definition) is 1. The van der Waals surface area contributed by atoms with Crippen LogP contribution in [0.15, 0.2) is 25.3 Å². The van der Waals surface area contributed by atoms with Crippen molar-refractivity contribution >= 4 is 8.32 Å². The van der Waals surface area contributed by atoms with Crippen LogP contribution >= 0.6 is 0 Å². The Hall–Kier alpha value is -0.343. The van der Waals surface area contributed by atoms with Crippen molar-refractivity contribution in [3.63, 3.8) is 0 Å². The molecule has 0 spiro atoms. The third-order valence-corrected chi connectivity index (χ3v) is 4.20. The molecular formula is C11H22OSi. The Balaban J connectivity index is 4.22. The van der Waals surface area contributed by atoms with E-state index in [1.807, 2.05) is 12.2 Å². The minimum atomic E-state index is -1.54. The molecule has 0 fully saturated rings. The second-order valence-corrected chi connectivity index (χ2v) is 8.74. The van der Waals surface area contributed by atoms with E-state index in [1.165, 1.54) is 0 Å². The van der Waals surface area contributed by atoms with Gasteiger partial charge in [-0.05, 0) is 39.4 Å². The standard InChI is InChI=1S/C11H22OSi/c1-7-9-11(3,4)12-13(5,6)10-8-2/h7-8H,1-2,9-10H2,3-6H3. The molecule has 2 heteroatoms. The highest BCUT2D eigenvalue weighted by Crippen LogP contribution is 2.23. The van der Waals surface area contributed by atoms with E-state index in [-0.39, 0.29) is 5.60 Å². The van der Waals surface area contributed by atoms with Gasteiger partial charge in [0.15, 0.2) is 8.32 Å². The van der Waals surface area contributed by atoms with Gasteiger partial charge in [0.2, 0.25) is 0 Å². The summed E-state index contributed by atoms with van der Waals surface area (Å²) in [5.41, 5.74) is -0.0690. The highest BCUT2D eigenvalue weighted by molar-refractivity contribution is 6.71. The highest BCUT2D eigenvalue weighted by Gasteiger charge is 2.29. The second kappa shape index (κ2) is 4.77. The number of hydrogen-bond donors (Lipinski definition) is 0. The summed E-state index contributed by atoms with van der Waals surface area (Å²) in [5.74, 6) is 0. The van der Waals surface area contributed by atoms with Gasteiger partial charge in [-0.25, -0.2) is 0 Å². The molecule has 0 amide bonds. The minimum Gasteiger partial charge on any atom is -0.412 e. The Labute approximate surface area is 83.6 Å². The second-order valence-electron chi connectivity index (χ2n) is 4.61. The zero-order chi connectivity index (χ0) is 10.5. The maximum absolute atomic E-state index is 6.10. The van der Waals surface area contributed by atoms with Crippen molar-refractivity contribution in [3.05, 3.63) is 25.3 Å². The Bertz CT molecular complexity index is 163. The first-order valence-corrected chi connectivity index (χ1v) is 7.86. The Kier molecular flexibility index (Phi) is 4.65. The molecule has 0 aromatic rings. The molecular weight excluding hydrogens is 176 g/mol. The van der Waals surface area contributed by atoms with Gasteiger partial charge in [-0.15, -0.1) is 13.2 Å². The fourth-order valence-corrected chi connectivity index (χ4v) is 3.88. The van der Waals surface area contributed by atoms with E-state index in [4.69, 9.17) is 4.43 Å². The largest absolute Gasteiger partial charge is 0.412 e. The van der Waals surface area contributed by atoms with Gasteiger partial charge >= 0.3 is 0 Å². The highest BCUT2D eigenvalue weighted by atomic mass is 28.4. The van der Waals surface area contributed by atoms with E-state index < -0.39 is 8.32 Å². The summed E-state index contributed by atoms with van der Waals surface area (Å²) in [4.78, 5) is 0. The molecule has 0 saturated heterocycles. The topological polar surface area (TPSA) is 9.23 Å². The van der Waals surface area contributed by atoms with Gasteiger partial charge < -0.3 is 4.43 Å². The molecule has 13 heavy (non-hydrogen) atoms. The lowest BCUT2D eigenvalue weighted by Crippen LogP contribution is -2.40. The number of allylic oxidation sites excluding steroid dienone is 1. The van der Waals surface area contributed by atoms with Gasteiger partial charge in [-0.1, -0.05) is 12.2 Å². The molecule has 0 aliphatic carbocycles. The third kappa shape index (κ3) is 5.83. The van der Waals surface area contributed by atoms with Crippen LogP contribution in [-0.2, 0) is 4.43 Å². The maximum atomic E-state index is 6.10. The van der Waals surface area contributed by atoms with Crippen LogP contribution in [-0.4, -0.2) is 13.9 Å². The van der Waals surface area contributed by atoms with Crippen molar-refractivity contribution in [3.8, 4) is 0 Å². The van der Waals surface area contributed by atoms with E-state index in [1.54, 1.807) is 0 Å². The summed E-state index contributed by atoms with van der Waals surface area (Å²) in [7, 11) is -1.54. The molecule has 0 saturated carbocycles. The molecule has 76 valence electrons. The molecule has 1 nitrogen and oxygen atoms in total. The van der Waals surface area contributed by atoms with Crippen LogP contribution in [0.5, 0.6) is 0 Å². The first-order chi connectivity index (χ1) is 5.83. The van der Waals surface area contributed by atoms with E-state index in [9.17, 15) is 0 Å². The molecule has 0 N–H and O–H groups in total. The van der Waals surface area contributed by atoms with E-state index in [0.29, 0.717) is 0 Å². The average Bonchev–Trinajstić information content (AvgIpc) is 1.82. The van der Waals surface area contributed by atoms with Gasteiger partial charge in [0, 0.05) is 0 Å². The number of rotatable bonds is 6. The van der Waals surface area contributed by atoms with Gasteiger partial charge in [0.05, 0.1) is 5.60 Å². The molecule has 0 atom stereocenters. The van der Waals surface area contributed by atoms with Crippen LogP contribution in [0.1, 0.15) is 20.3 Å². The van der Waals surface area contributed by atoms with E-state index >= 15 is 0 Å². The summed E-state index contributed by atoms with van der Waals surface area (Å²) in [5, 5.41) is 0. The van der Waals surface area contributed by atoms with Crippen molar-refractivity contribution in [2.75, 3.05) is 0 Å². The lowest BCUT2D eigenvalue weighted by molar-refractivity contribution is 0.103. The van der Waals surface area contributed by atoms with Gasteiger partial charge in [-0.2, -0.15) is 0 Å². The molecule has 0 aromatic carbocycles. The monoisotopic (exact) mass is 198 g/mol. The van der Waals surface area contributed by atoms with Gasteiger partial charge in [0.1, 0.15) is 0 Å². The van der Waals surface area contributed by atoms with Gasteiger partial charge in [-0.3, -0.25) is 0 Å². The minimum absolute atomic E-state index is 0.0690.